The van der Waals surface area contributed by atoms with Crippen LogP contribution in [0.5, 0.6) is 0 Å². The van der Waals surface area contributed by atoms with E-state index in [0.717, 1.165) is 5.01 Å². The van der Waals surface area contributed by atoms with Crippen molar-refractivity contribution in [3.8, 4) is 0 Å². The first-order valence-electron chi connectivity index (χ1n) is 4.38. The molecule has 14 heavy (non-hydrogen) atoms. The molecule has 0 unspecified atom stereocenters. The molecule has 0 aromatic carbocycles. The second-order valence-electron chi connectivity index (χ2n) is 3.84. The maximum absolute atomic E-state index is 11.5. The normalized spacial score (nSPS) is 34.6. The minimum atomic E-state index is -0.968. The molecule has 76 valence electrons. The number of hydrogen-bond acceptors (Lipinski definition) is 4. The van der Waals surface area contributed by atoms with Crippen LogP contribution in [0.1, 0.15) is 19.8 Å². The number of nitrogens with zero attached hydrogens (tertiary/aromatic N) is 1. The minimum absolute atomic E-state index is 0.168. The lowest BCUT2D eigenvalue weighted by Gasteiger charge is -2.52. The maximum atomic E-state index is 11.5. The Morgan fingerprint density at radius 1 is 1.57 bits per heavy atom. The number of hydrazine groups is 1. The van der Waals surface area contributed by atoms with Gasteiger partial charge in [-0.25, -0.2) is 5.84 Å². The fourth-order valence-corrected chi connectivity index (χ4v) is 2.06. The van der Waals surface area contributed by atoms with Crippen molar-refractivity contribution in [2.24, 2.45) is 11.8 Å². The number of nitrogens with two attached hydrogens (primary N) is 1. The molecule has 2 heterocycles. The minimum Gasteiger partial charge on any atom is -0.294 e. The van der Waals surface area contributed by atoms with Crippen LogP contribution in [0.25, 0.3) is 0 Å². The first-order chi connectivity index (χ1) is 6.47. The number of piperidine rings is 2. The molecular weight excluding hydrogens is 186 g/mol. The van der Waals surface area contributed by atoms with Gasteiger partial charge in [0.2, 0.25) is 11.8 Å². The predicted octanol–water partition coefficient (Wildman–Crippen LogP) is -1.49. The van der Waals surface area contributed by atoms with Crippen molar-refractivity contribution in [3.05, 3.63) is 0 Å². The van der Waals surface area contributed by atoms with Gasteiger partial charge in [0.15, 0.2) is 0 Å². The van der Waals surface area contributed by atoms with Crippen LogP contribution >= 0.6 is 0 Å². The molecule has 0 aromatic rings. The van der Waals surface area contributed by atoms with Gasteiger partial charge in [0.1, 0.15) is 5.54 Å². The average Bonchev–Trinajstić information content (AvgIpc) is 2.00. The summed E-state index contributed by atoms with van der Waals surface area (Å²) < 4.78 is 0. The van der Waals surface area contributed by atoms with E-state index in [1.54, 1.807) is 0 Å². The number of amides is 3. The Morgan fingerprint density at radius 3 is 2.57 bits per heavy atom. The first-order valence-corrected chi connectivity index (χ1v) is 4.38. The zero-order valence-electron chi connectivity index (χ0n) is 7.74. The van der Waals surface area contributed by atoms with Gasteiger partial charge >= 0.3 is 0 Å². The number of imide groups is 1. The van der Waals surface area contributed by atoms with E-state index >= 15 is 0 Å². The molecule has 3 N–H and O–H groups in total. The SMILES string of the molecule is CC(=O)N(N)C12CC(C1)C(=O)NC2=O. The highest BCUT2D eigenvalue weighted by Crippen LogP contribution is 2.44. The summed E-state index contributed by atoms with van der Waals surface area (Å²) in [6.45, 7) is 1.30. The molecule has 0 atom stereocenters. The molecule has 3 aliphatic rings. The van der Waals surface area contributed by atoms with Crippen molar-refractivity contribution in [1.82, 2.24) is 10.3 Å². The van der Waals surface area contributed by atoms with Gasteiger partial charge in [0.05, 0.1) is 0 Å². The molecular formula is C8H11N3O3. The van der Waals surface area contributed by atoms with Crippen molar-refractivity contribution in [1.29, 1.82) is 0 Å². The second-order valence-corrected chi connectivity index (χ2v) is 3.84. The maximum Gasteiger partial charge on any atom is 0.254 e. The largest absolute Gasteiger partial charge is 0.294 e. The molecule has 0 aromatic heterocycles. The van der Waals surface area contributed by atoms with Crippen LogP contribution in [0.2, 0.25) is 0 Å². The summed E-state index contributed by atoms with van der Waals surface area (Å²) in [4.78, 5) is 33.6. The van der Waals surface area contributed by atoms with Crippen molar-refractivity contribution < 1.29 is 14.4 Å². The molecule has 3 amide bonds. The monoisotopic (exact) mass is 197 g/mol. The number of carbonyl (C=O) groups is 3. The Balaban J connectivity index is 2.24. The Bertz CT molecular complexity index is 333. The number of rotatable bonds is 1. The van der Waals surface area contributed by atoms with E-state index in [4.69, 9.17) is 5.84 Å². The molecule has 0 radical (unpaired) electrons. The molecule has 0 spiro atoms. The van der Waals surface area contributed by atoms with Crippen LogP contribution in [0.15, 0.2) is 0 Å². The van der Waals surface area contributed by atoms with E-state index in [9.17, 15) is 14.4 Å². The zero-order chi connectivity index (χ0) is 10.5. The van der Waals surface area contributed by atoms with Crippen LogP contribution in [-0.2, 0) is 14.4 Å². The van der Waals surface area contributed by atoms with E-state index in [2.05, 4.69) is 5.32 Å². The average molecular weight is 197 g/mol. The molecule has 1 aliphatic carbocycles. The van der Waals surface area contributed by atoms with Gasteiger partial charge < -0.3 is 0 Å². The Kier molecular flexibility index (Phi) is 1.66. The fourth-order valence-electron chi connectivity index (χ4n) is 2.06. The van der Waals surface area contributed by atoms with Crippen LogP contribution in [0.3, 0.4) is 0 Å². The van der Waals surface area contributed by atoms with E-state index in [0.29, 0.717) is 12.8 Å². The van der Waals surface area contributed by atoms with E-state index in [1.165, 1.54) is 6.92 Å². The van der Waals surface area contributed by atoms with E-state index < -0.39 is 11.4 Å². The van der Waals surface area contributed by atoms with Gasteiger partial charge in [0, 0.05) is 12.8 Å². The third-order valence-corrected chi connectivity index (χ3v) is 3.00. The van der Waals surface area contributed by atoms with Crippen LogP contribution < -0.4 is 11.2 Å². The molecule has 3 fully saturated rings. The molecule has 3 rings (SSSR count). The lowest BCUT2D eigenvalue weighted by Crippen LogP contribution is -2.75. The summed E-state index contributed by atoms with van der Waals surface area (Å²) in [6.07, 6.45) is 0.710. The van der Waals surface area contributed by atoms with Gasteiger partial charge in [-0.05, 0) is 12.8 Å². The summed E-state index contributed by atoms with van der Waals surface area (Å²) in [5.74, 6) is 4.26. The number of hydrogen-bond donors (Lipinski definition) is 2. The molecule has 2 bridgehead atoms. The standard InChI is InChI=1S/C8H11N3O3/c1-4(12)11(9)8-2-5(3-8)6(13)10-7(8)14/h5H,2-3,9H2,1H3,(H,10,13,14). The highest BCUT2D eigenvalue weighted by molar-refractivity contribution is 6.08. The van der Waals surface area contributed by atoms with E-state index in [-0.39, 0.29) is 17.7 Å². The number of nitrogens with one attached hydrogen (secondary N) is 1. The quantitative estimate of drug-likeness (QED) is 0.232. The number of carbonyl (C=O) groups excluding carboxylic acids is 3. The summed E-state index contributed by atoms with van der Waals surface area (Å²) in [6, 6.07) is 0. The molecule has 1 saturated carbocycles. The van der Waals surface area contributed by atoms with Crippen molar-refractivity contribution in [3.63, 3.8) is 0 Å². The summed E-state index contributed by atoms with van der Waals surface area (Å²) in [5.41, 5.74) is -0.968. The lowest BCUT2D eigenvalue weighted by atomic mass is 9.64. The Morgan fingerprint density at radius 2 is 2.14 bits per heavy atom. The topological polar surface area (TPSA) is 92.5 Å². The first kappa shape index (κ1) is 9.14. The van der Waals surface area contributed by atoms with Crippen molar-refractivity contribution in [2.45, 2.75) is 25.3 Å². The third-order valence-electron chi connectivity index (χ3n) is 3.00. The molecule has 6 heteroatoms. The van der Waals surface area contributed by atoms with Gasteiger partial charge in [0.25, 0.3) is 5.91 Å². The van der Waals surface area contributed by atoms with Gasteiger partial charge in [-0.15, -0.1) is 0 Å². The van der Waals surface area contributed by atoms with Gasteiger partial charge in [-0.1, -0.05) is 0 Å². The fraction of sp³-hybridized carbons (Fsp3) is 0.625. The van der Waals surface area contributed by atoms with Crippen LogP contribution in [0, 0.1) is 5.92 Å². The highest BCUT2D eigenvalue weighted by Gasteiger charge is 2.61. The summed E-state index contributed by atoms with van der Waals surface area (Å²) in [7, 11) is 0. The zero-order valence-corrected chi connectivity index (χ0v) is 7.74. The van der Waals surface area contributed by atoms with Crippen molar-refractivity contribution >= 4 is 17.7 Å². The van der Waals surface area contributed by atoms with Crippen LogP contribution in [-0.4, -0.2) is 28.3 Å². The smallest absolute Gasteiger partial charge is 0.254 e. The molecule has 6 nitrogen and oxygen atoms in total. The molecule has 2 saturated heterocycles. The van der Waals surface area contributed by atoms with E-state index in [1.807, 2.05) is 0 Å². The van der Waals surface area contributed by atoms with Gasteiger partial charge in [-0.2, -0.15) is 0 Å². The van der Waals surface area contributed by atoms with Gasteiger partial charge in [-0.3, -0.25) is 24.7 Å². The predicted molar refractivity (Wildman–Crippen MR) is 45.3 cm³/mol. The highest BCUT2D eigenvalue weighted by atomic mass is 16.2. The lowest BCUT2D eigenvalue weighted by molar-refractivity contribution is -0.170. The van der Waals surface area contributed by atoms with Crippen LogP contribution in [0.4, 0.5) is 0 Å². The number of fused-ring (bicyclic) bond motifs is 2. The van der Waals surface area contributed by atoms with Crippen molar-refractivity contribution in [2.75, 3.05) is 0 Å². The summed E-state index contributed by atoms with van der Waals surface area (Å²) in [5, 5.41) is 3.14. The third kappa shape index (κ3) is 0.913. The Labute approximate surface area is 80.4 Å². The molecule has 2 aliphatic heterocycles. The second kappa shape index (κ2) is 2.54. The Hall–Kier alpha value is -1.43. The summed E-state index contributed by atoms with van der Waals surface area (Å²) >= 11 is 0.